The SMILES string of the molecule is CC(C)[C@@H](NC(=O)[C@H]1CCS(=O)(=O)C1)c1ccc(C(C)(C)C)cc1. The van der Waals surface area contributed by atoms with Crippen LogP contribution in [0.4, 0.5) is 0 Å². The summed E-state index contributed by atoms with van der Waals surface area (Å²) in [5.74, 6) is -0.225. The highest BCUT2D eigenvalue weighted by Crippen LogP contribution is 2.28. The van der Waals surface area contributed by atoms with Crippen LogP contribution < -0.4 is 5.32 Å². The smallest absolute Gasteiger partial charge is 0.224 e. The van der Waals surface area contributed by atoms with Crippen LogP contribution >= 0.6 is 0 Å². The molecule has 5 heteroatoms. The fourth-order valence-electron chi connectivity index (χ4n) is 3.10. The maximum atomic E-state index is 12.5. The summed E-state index contributed by atoms with van der Waals surface area (Å²) < 4.78 is 23.2. The van der Waals surface area contributed by atoms with Crippen LogP contribution in [0.15, 0.2) is 24.3 Å². The minimum atomic E-state index is -3.04. The second kappa shape index (κ2) is 6.87. The summed E-state index contributed by atoms with van der Waals surface area (Å²) in [6.45, 7) is 10.6. The lowest BCUT2D eigenvalue weighted by atomic mass is 9.85. The molecule has 1 aliphatic heterocycles. The van der Waals surface area contributed by atoms with Crippen LogP contribution in [-0.2, 0) is 20.0 Å². The fraction of sp³-hybridized carbons (Fsp3) is 0.632. The molecule has 24 heavy (non-hydrogen) atoms. The van der Waals surface area contributed by atoms with E-state index in [4.69, 9.17) is 0 Å². The molecular weight excluding hydrogens is 322 g/mol. The maximum absolute atomic E-state index is 12.5. The Bertz CT molecular complexity index is 684. The Kier molecular flexibility index (Phi) is 5.43. The summed E-state index contributed by atoms with van der Waals surface area (Å²) in [5.41, 5.74) is 2.40. The van der Waals surface area contributed by atoms with Gasteiger partial charge in [0.2, 0.25) is 5.91 Å². The van der Waals surface area contributed by atoms with E-state index in [0.29, 0.717) is 6.42 Å². The van der Waals surface area contributed by atoms with Gasteiger partial charge in [-0.25, -0.2) is 8.42 Å². The predicted molar refractivity (Wildman–Crippen MR) is 97.6 cm³/mol. The van der Waals surface area contributed by atoms with Crippen LogP contribution in [-0.4, -0.2) is 25.8 Å². The van der Waals surface area contributed by atoms with Gasteiger partial charge in [0.1, 0.15) is 0 Å². The second-order valence-corrected chi connectivity index (χ2v) is 10.4. The van der Waals surface area contributed by atoms with Crippen molar-refractivity contribution in [3.05, 3.63) is 35.4 Å². The first-order valence-corrected chi connectivity index (χ1v) is 10.4. The van der Waals surface area contributed by atoms with Crippen LogP contribution in [0.2, 0.25) is 0 Å². The van der Waals surface area contributed by atoms with Gasteiger partial charge in [0, 0.05) is 0 Å². The molecule has 2 atom stereocenters. The molecular formula is C19H29NO3S. The molecule has 0 aromatic heterocycles. The van der Waals surface area contributed by atoms with Crippen molar-refractivity contribution < 1.29 is 13.2 Å². The molecule has 0 saturated carbocycles. The zero-order chi connectivity index (χ0) is 18.1. The van der Waals surface area contributed by atoms with Crippen molar-refractivity contribution in [3.63, 3.8) is 0 Å². The average molecular weight is 352 g/mol. The Hall–Kier alpha value is -1.36. The fourth-order valence-corrected chi connectivity index (χ4v) is 4.84. The summed E-state index contributed by atoms with van der Waals surface area (Å²) in [7, 11) is -3.04. The van der Waals surface area contributed by atoms with Gasteiger partial charge in [-0.05, 0) is 28.9 Å². The van der Waals surface area contributed by atoms with Crippen molar-refractivity contribution in [1.82, 2.24) is 5.32 Å². The number of benzene rings is 1. The molecule has 0 unspecified atom stereocenters. The topological polar surface area (TPSA) is 63.2 Å². The van der Waals surface area contributed by atoms with Gasteiger partial charge in [-0.1, -0.05) is 58.9 Å². The van der Waals surface area contributed by atoms with Crippen molar-refractivity contribution in [3.8, 4) is 0 Å². The third-order valence-corrected chi connectivity index (χ3v) is 6.47. The van der Waals surface area contributed by atoms with E-state index in [0.717, 1.165) is 5.56 Å². The van der Waals surface area contributed by atoms with Gasteiger partial charge in [0.15, 0.2) is 9.84 Å². The summed E-state index contributed by atoms with van der Waals surface area (Å²) >= 11 is 0. The molecule has 1 aromatic carbocycles. The Morgan fingerprint density at radius 1 is 1.17 bits per heavy atom. The molecule has 1 saturated heterocycles. The minimum Gasteiger partial charge on any atom is -0.349 e. The molecule has 1 aliphatic rings. The number of amides is 1. The van der Waals surface area contributed by atoms with Gasteiger partial charge in [0.05, 0.1) is 23.5 Å². The molecule has 1 N–H and O–H groups in total. The highest BCUT2D eigenvalue weighted by atomic mass is 32.2. The zero-order valence-electron chi connectivity index (χ0n) is 15.3. The average Bonchev–Trinajstić information content (AvgIpc) is 2.84. The summed E-state index contributed by atoms with van der Waals surface area (Å²) in [6.07, 6.45) is 0.432. The van der Waals surface area contributed by atoms with E-state index in [2.05, 4.69) is 64.2 Å². The Balaban J connectivity index is 2.14. The van der Waals surface area contributed by atoms with E-state index in [1.807, 2.05) is 0 Å². The number of carbonyl (C=O) groups excluding carboxylic acids is 1. The molecule has 2 rings (SSSR count). The number of nitrogens with one attached hydrogen (secondary N) is 1. The van der Waals surface area contributed by atoms with E-state index in [9.17, 15) is 13.2 Å². The molecule has 0 aliphatic carbocycles. The molecule has 1 fully saturated rings. The first-order chi connectivity index (χ1) is 11.0. The van der Waals surface area contributed by atoms with E-state index < -0.39 is 15.8 Å². The minimum absolute atomic E-state index is 0.0212. The highest BCUT2D eigenvalue weighted by molar-refractivity contribution is 7.91. The summed E-state index contributed by atoms with van der Waals surface area (Å²) in [4.78, 5) is 12.5. The van der Waals surface area contributed by atoms with Crippen molar-refractivity contribution >= 4 is 15.7 Å². The van der Waals surface area contributed by atoms with Gasteiger partial charge < -0.3 is 5.32 Å². The standard InChI is InChI=1S/C19H29NO3S/c1-13(2)17(14-6-8-16(9-7-14)19(3,4)5)20-18(21)15-10-11-24(22,23)12-15/h6-9,13,15,17H,10-12H2,1-5H3,(H,20,21)/t15-,17+/m0/s1. The van der Waals surface area contributed by atoms with E-state index >= 15 is 0 Å². The van der Waals surface area contributed by atoms with Gasteiger partial charge in [-0.3, -0.25) is 4.79 Å². The normalized spacial score (nSPS) is 21.7. The molecule has 1 heterocycles. The van der Waals surface area contributed by atoms with Crippen molar-refractivity contribution in [2.45, 2.75) is 52.5 Å². The van der Waals surface area contributed by atoms with E-state index in [1.165, 1.54) is 5.56 Å². The Labute approximate surface area is 146 Å². The highest BCUT2D eigenvalue weighted by Gasteiger charge is 2.34. The number of sulfone groups is 1. The summed E-state index contributed by atoms with van der Waals surface area (Å²) in [6, 6.07) is 8.25. The van der Waals surface area contributed by atoms with Crippen molar-refractivity contribution in [2.75, 3.05) is 11.5 Å². The second-order valence-electron chi connectivity index (χ2n) is 8.20. The maximum Gasteiger partial charge on any atom is 0.224 e. The Morgan fingerprint density at radius 3 is 2.17 bits per heavy atom. The third-order valence-electron chi connectivity index (χ3n) is 4.70. The van der Waals surface area contributed by atoms with Crippen molar-refractivity contribution in [2.24, 2.45) is 11.8 Å². The number of hydrogen-bond donors (Lipinski definition) is 1. The van der Waals surface area contributed by atoms with E-state index in [-0.39, 0.29) is 34.8 Å². The first kappa shape index (κ1) is 19.0. The lowest BCUT2D eigenvalue weighted by Crippen LogP contribution is -2.36. The monoisotopic (exact) mass is 351 g/mol. The number of carbonyl (C=O) groups is 1. The Morgan fingerprint density at radius 2 is 1.75 bits per heavy atom. The van der Waals surface area contributed by atoms with E-state index in [1.54, 1.807) is 0 Å². The molecule has 4 nitrogen and oxygen atoms in total. The van der Waals surface area contributed by atoms with Gasteiger partial charge in [-0.15, -0.1) is 0 Å². The first-order valence-electron chi connectivity index (χ1n) is 8.61. The number of hydrogen-bond acceptors (Lipinski definition) is 3. The molecule has 0 bridgehead atoms. The van der Waals surface area contributed by atoms with Crippen LogP contribution in [0.3, 0.4) is 0 Å². The van der Waals surface area contributed by atoms with Crippen LogP contribution in [0, 0.1) is 11.8 Å². The molecule has 1 aromatic rings. The largest absolute Gasteiger partial charge is 0.349 e. The zero-order valence-corrected chi connectivity index (χ0v) is 16.1. The predicted octanol–water partition coefficient (Wildman–Crippen LogP) is 3.23. The van der Waals surface area contributed by atoms with Crippen LogP contribution in [0.25, 0.3) is 0 Å². The van der Waals surface area contributed by atoms with Gasteiger partial charge in [0.25, 0.3) is 0 Å². The summed E-state index contributed by atoms with van der Waals surface area (Å²) in [5, 5.41) is 3.07. The third kappa shape index (κ3) is 4.59. The lowest BCUT2D eigenvalue weighted by molar-refractivity contribution is -0.125. The van der Waals surface area contributed by atoms with Crippen molar-refractivity contribution in [1.29, 1.82) is 0 Å². The molecule has 1 amide bonds. The van der Waals surface area contributed by atoms with Crippen LogP contribution in [0.1, 0.15) is 58.2 Å². The van der Waals surface area contributed by atoms with Crippen LogP contribution in [0.5, 0.6) is 0 Å². The number of rotatable bonds is 4. The quantitative estimate of drug-likeness (QED) is 0.906. The molecule has 134 valence electrons. The van der Waals surface area contributed by atoms with Gasteiger partial charge >= 0.3 is 0 Å². The van der Waals surface area contributed by atoms with Gasteiger partial charge in [-0.2, -0.15) is 0 Å². The lowest BCUT2D eigenvalue weighted by Gasteiger charge is -2.26. The molecule has 0 spiro atoms. The molecule has 0 radical (unpaired) electrons.